The Kier molecular flexibility index (Phi) is 6.36. The zero-order chi connectivity index (χ0) is 28.2. The topological polar surface area (TPSA) is 117 Å². The Morgan fingerprint density at radius 2 is 1.82 bits per heavy atom. The van der Waals surface area contributed by atoms with Crippen LogP contribution in [0.15, 0.2) is 41.3 Å². The Morgan fingerprint density at radius 1 is 1.13 bits per heavy atom. The maximum Gasteiger partial charge on any atom is 0.410 e. The van der Waals surface area contributed by atoms with Crippen molar-refractivity contribution >= 4 is 39.8 Å². The summed E-state index contributed by atoms with van der Waals surface area (Å²) in [7, 11) is 1.69. The summed E-state index contributed by atoms with van der Waals surface area (Å²) in [5, 5.41) is 10.0. The highest BCUT2D eigenvalue weighted by Crippen LogP contribution is 2.29. The molecule has 2 atom stereocenters. The van der Waals surface area contributed by atoms with Crippen LogP contribution in [0.5, 0.6) is 0 Å². The van der Waals surface area contributed by atoms with Crippen molar-refractivity contribution in [3.05, 3.63) is 58.4 Å². The number of hydrogen-bond acceptors (Lipinski definition) is 6. The predicted octanol–water partition coefficient (Wildman–Crippen LogP) is 3.74. The van der Waals surface area contributed by atoms with Crippen molar-refractivity contribution in [1.82, 2.24) is 24.3 Å². The first-order valence-corrected chi connectivity index (χ1v) is 12.8. The number of halogens is 1. The van der Waals surface area contributed by atoms with Crippen molar-refractivity contribution in [3.63, 3.8) is 0 Å². The summed E-state index contributed by atoms with van der Waals surface area (Å²) in [6.45, 7) is 10.4. The van der Waals surface area contributed by atoms with Gasteiger partial charge in [-0.2, -0.15) is 5.10 Å². The van der Waals surface area contributed by atoms with Crippen LogP contribution in [-0.2, 0) is 11.8 Å². The van der Waals surface area contributed by atoms with Crippen molar-refractivity contribution in [2.24, 2.45) is 7.05 Å². The van der Waals surface area contributed by atoms with Crippen molar-refractivity contribution in [2.75, 3.05) is 23.3 Å². The van der Waals surface area contributed by atoms with E-state index in [1.54, 1.807) is 36.3 Å². The quantitative estimate of drug-likeness (QED) is 0.411. The Bertz CT molecular complexity index is 1640. The van der Waals surface area contributed by atoms with Gasteiger partial charge in [-0.15, -0.1) is 0 Å². The van der Waals surface area contributed by atoms with Crippen molar-refractivity contribution in [3.8, 4) is 0 Å². The number of nitrogens with zero attached hydrogens (tertiary/aromatic N) is 5. The van der Waals surface area contributed by atoms with E-state index in [1.807, 2.05) is 34.6 Å². The number of anilines is 2. The number of H-pyrrole nitrogens is 1. The molecule has 0 unspecified atom stereocenters. The van der Waals surface area contributed by atoms with Crippen LogP contribution in [0.4, 0.5) is 20.6 Å². The molecule has 4 aromatic rings. The van der Waals surface area contributed by atoms with Crippen molar-refractivity contribution in [2.45, 2.75) is 52.3 Å². The van der Waals surface area contributed by atoms with Crippen LogP contribution in [0.3, 0.4) is 0 Å². The number of fused-ring (bicyclic) bond motifs is 2. The van der Waals surface area contributed by atoms with E-state index in [0.29, 0.717) is 24.0 Å². The Morgan fingerprint density at radius 3 is 2.49 bits per heavy atom. The number of carbonyl (C=O) groups excluding carboxylic acids is 2. The van der Waals surface area contributed by atoms with Gasteiger partial charge in [-0.3, -0.25) is 24.3 Å². The van der Waals surface area contributed by atoms with Gasteiger partial charge >= 0.3 is 6.09 Å². The Balaban J connectivity index is 1.42. The molecule has 0 spiro atoms. The number of aryl methyl sites for hydroxylation is 1. The summed E-state index contributed by atoms with van der Waals surface area (Å²) in [6.07, 6.45) is 1.30. The number of aromatic nitrogens is 4. The van der Waals surface area contributed by atoms with Crippen LogP contribution >= 0.6 is 0 Å². The number of piperazine rings is 1. The average molecular weight is 538 g/mol. The van der Waals surface area contributed by atoms with Gasteiger partial charge in [0, 0.05) is 43.5 Å². The van der Waals surface area contributed by atoms with Crippen LogP contribution in [0.2, 0.25) is 0 Å². The molecule has 12 heteroatoms. The van der Waals surface area contributed by atoms with E-state index in [-0.39, 0.29) is 40.6 Å². The third-order valence-corrected chi connectivity index (χ3v) is 6.66. The lowest BCUT2D eigenvalue weighted by Gasteiger charge is -2.45. The maximum atomic E-state index is 14.5. The second-order valence-corrected chi connectivity index (χ2v) is 11.1. The molecule has 3 aromatic heterocycles. The van der Waals surface area contributed by atoms with Gasteiger partial charge in [0.25, 0.3) is 11.5 Å². The molecule has 2 amide bonds. The molecule has 1 aliphatic heterocycles. The number of ether oxygens (including phenoxy) is 1. The lowest BCUT2D eigenvalue weighted by atomic mass is 10.1. The first-order chi connectivity index (χ1) is 18.3. The van der Waals surface area contributed by atoms with Crippen LogP contribution in [0.25, 0.3) is 16.4 Å². The van der Waals surface area contributed by atoms with Crippen LogP contribution in [0.1, 0.15) is 45.1 Å². The summed E-state index contributed by atoms with van der Waals surface area (Å²) in [5.74, 6) is -1.07. The molecule has 206 valence electrons. The third-order valence-electron chi connectivity index (χ3n) is 6.66. The molecular formula is C27H32FN7O4. The van der Waals surface area contributed by atoms with Crippen LogP contribution < -0.4 is 15.8 Å². The molecule has 4 heterocycles. The zero-order valence-corrected chi connectivity index (χ0v) is 22.8. The monoisotopic (exact) mass is 537 g/mol. The SMILES string of the molecule is C[C@H]1CN(c2ccc(C(=O)Nc3cc(F)c4nn(C)cc4c3)n3[nH]c(=O)cc23)C[C@H](C)N1C(=O)OC(C)(C)C. The molecule has 1 saturated heterocycles. The van der Waals surface area contributed by atoms with E-state index in [9.17, 15) is 18.8 Å². The van der Waals surface area contributed by atoms with Gasteiger partial charge in [0.05, 0.1) is 23.3 Å². The fraction of sp³-hybridized carbons (Fsp3) is 0.407. The number of rotatable bonds is 3. The molecule has 5 rings (SSSR count). The summed E-state index contributed by atoms with van der Waals surface area (Å²) >= 11 is 0. The van der Waals surface area contributed by atoms with Gasteiger partial charge in [0.15, 0.2) is 5.82 Å². The van der Waals surface area contributed by atoms with E-state index < -0.39 is 17.3 Å². The number of amides is 2. The fourth-order valence-electron chi connectivity index (χ4n) is 5.21. The predicted molar refractivity (Wildman–Crippen MR) is 146 cm³/mol. The van der Waals surface area contributed by atoms with Gasteiger partial charge in [-0.25, -0.2) is 13.7 Å². The summed E-state index contributed by atoms with van der Waals surface area (Å²) < 4.78 is 23.1. The third kappa shape index (κ3) is 5.06. The van der Waals surface area contributed by atoms with E-state index in [2.05, 4.69) is 20.4 Å². The van der Waals surface area contributed by atoms with E-state index >= 15 is 0 Å². The first kappa shape index (κ1) is 26.3. The molecule has 0 aliphatic carbocycles. The fourth-order valence-corrected chi connectivity index (χ4v) is 5.21. The molecule has 11 nitrogen and oxygen atoms in total. The molecular weight excluding hydrogens is 505 g/mol. The largest absolute Gasteiger partial charge is 0.444 e. The lowest BCUT2D eigenvalue weighted by molar-refractivity contribution is 0.00566. The number of hydrogen-bond donors (Lipinski definition) is 2. The highest BCUT2D eigenvalue weighted by Gasteiger charge is 2.36. The summed E-state index contributed by atoms with van der Waals surface area (Å²) in [5.41, 5.74) is 0.960. The number of benzene rings is 1. The minimum atomic E-state index is -0.599. The average Bonchev–Trinajstić information content (AvgIpc) is 3.38. The van der Waals surface area contributed by atoms with Crippen LogP contribution in [-0.4, -0.2) is 67.1 Å². The highest BCUT2D eigenvalue weighted by atomic mass is 19.1. The Labute approximate surface area is 224 Å². The molecule has 0 bridgehead atoms. The second-order valence-electron chi connectivity index (χ2n) is 11.1. The molecule has 1 fully saturated rings. The molecule has 0 radical (unpaired) electrons. The molecule has 2 N–H and O–H groups in total. The summed E-state index contributed by atoms with van der Waals surface area (Å²) in [6, 6.07) is 7.37. The van der Waals surface area contributed by atoms with Crippen molar-refractivity contribution in [1.29, 1.82) is 0 Å². The molecule has 1 aromatic carbocycles. The minimum absolute atomic E-state index is 0.158. The van der Waals surface area contributed by atoms with Gasteiger partial charge < -0.3 is 15.0 Å². The van der Waals surface area contributed by atoms with Gasteiger partial charge in [-0.05, 0) is 58.9 Å². The number of aromatic amines is 1. The van der Waals surface area contributed by atoms with Gasteiger partial charge in [0.2, 0.25) is 0 Å². The van der Waals surface area contributed by atoms with E-state index in [4.69, 9.17) is 4.74 Å². The minimum Gasteiger partial charge on any atom is -0.444 e. The number of pyridine rings is 1. The van der Waals surface area contributed by atoms with Gasteiger partial charge in [0.1, 0.15) is 16.8 Å². The number of carbonyl (C=O) groups is 2. The molecule has 1 aliphatic rings. The molecule has 39 heavy (non-hydrogen) atoms. The van der Waals surface area contributed by atoms with Crippen molar-refractivity contribution < 1.29 is 18.7 Å². The standard InChI is InChI=1S/C27H32FN7O4/c1-15-12-33(13-16(2)34(15)26(38)39-27(3,4)5)20-7-8-21(35-22(20)11-23(36)30-35)25(37)29-18-9-17-14-32(6)31-24(17)19(28)10-18/h7-11,14-16H,12-13H2,1-6H3,(H,29,37)(H,30,36)/t15-,16-/m0/s1. The molecule has 0 saturated carbocycles. The highest BCUT2D eigenvalue weighted by molar-refractivity contribution is 6.05. The van der Waals surface area contributed by atoms with Gasteiger partial charge in [-0.1, -0.05) is 0 Å². The summed E-state index contributed by atoms with van der Waals surface area (Å²) in [4.78, 5) is 42.3. The maximum absolute atomic E-state index is 14.5. The number of nitrogens with one attached hydrogen (secondary N) is 2. The normalized spacial score (nSPS) is 18.1. The smallest absolute Gasteiger partial charge is 0.410 e. The van der Waals surface area contributed by atoms with Crippen LogP contribution in [0, 0.1) is 5.82 Å². The van der Waals surface area contributed by atoms with E-state index in [0.717, 1.165) is 5.69 Å². The Hall–Kier alpha value is -4.35. The lowest BCUT2D eigenvalue weighted by Crippen LogP contribution is -2.59. The first-order valence-electron chi connectivity index (χ1n) is 12.8. The van der Waals surface area contributed by atoms with E-state index in [1.165, 1.54) is 21.3 Å². The zero-order valence-electron chi connectivity index (χ0n) is 22.8. The second kappa shape index (κ2) is 9.44.